The van der Waals surface area contributed by atoms with E-state index >= 15 is 0 Å². The van der Waals surface area contributed by atoms with Gasteiger partial charge in [0.2, 0.25) is 5.91 Å². The fourth-order valence-electron chi connectivity index (χ4n) is 2.23. The van der Waals surface area contributed by atoms with Crippen LogP contribution >= 0.6 is 0 Å². The predicted octanol–water partition coefficient (Wildman–Crippen LogP) is 0.371. The Morgan fingerprint density at radius 2 is 2.00 bits per heavy atom. The molecule has 1 unspecified atom stereocenters. The van der Waals surface area contributed by atoms with E-state index in [1.807, 2.05) is 0 Å². The Labute approximate surface area is 133 Å². The van der Waals surface area contributed by atoms with Gasteiger partial charge < -0.3 is 20.1 Å². The summed E-state index contributed by atoms with van der Waals surface area (Å²) in [6.07, 6.45) is 2.92. The van der Waals surface area contributed by atoms with E-state index in [2.05, 4.69) is 5.32 Å². The quantitative estimate of drug-likeness (QED) is 0.782. The van der Waals surface area contributed by atoms with Crippen molar-refractivity contribution in [2.24, 2.45) is 0 Å². The molecule has 0 saturated carbocycles. The maximum absolute atomic E-state index is 12.2. The Balaban J connectivity index is 2.05. The molecule has 0 aromatic heterocycles. The number of nitrogens with zero attached hydrogens (tertiary/aromatic N) is 1. The molecule has 122 valence electrons. The number of amides is 2. The first-order valence-electron chi connectivity index (χ1n) is 7.14. The van der Waals surface area contributed by atoms with Crippen LogP contribution in [0.15, 0.2) is 30.3 Å². The van der Waals surface area contributed by atoms with Crippen molar-refractivity contribution in [2.45, 2.75) is 6.04 Å². The SMILES string of the molecule is CNC(=O)c1ccc(C=CC(=O)N2CCOCC2C(=O)O)cc1. The summed E-state index contributed by atoms with van der Waals surface area (Å²) in [5.74, 6) is -1.65. The second kappa shape index (κ2) is 7.55. The second-order valence-electron chi connectivity index (χ2n) is 5.00. The molecule has 0 aliphatic carbocycles. The Kier molecular flexibility index (Phi) is 5.48. The van der Waals surface area contributed by atoms with Crippen molar-refractivity contribution in [1.82, 2.24) is 10.2 Å². The first-order valence-corrected chi connectivity index (χ1v) is 7.14. The van der Waals surface area contributed by atoms with Gasteiger partial charge in [0, 0.05) is 25.2 Å². The van der Waals surface area contributed by atoms with Gasteiger partial charge in [-0.25, -0.2) is 4.79 Å². The van der Waals surface area contributed by atoms with Gasteiger partial charge in [0.25, 0.3) is 5.91 Å². The number of carbonyl (C=O) groups is 3. The molecule has 0 spiro atoms. The zero-order valence-electron chi connectivity index (χ0n) is 12.7. The van der Waals surface area contributed by atoms with Crippen LogP contribution in [-0.2, 0) is 14.3 Å². The fraction of sp³-hybridized carbons (Fsp3) is 0.312. The van der Waals surface area contributed by atoms with Gasteiger partial charge in [0.05, 0.1) is 13.2 Å². The zero-order valence-corrected chi connectivity index (χ0v) is 12.7. The van der Waals surface area contributed by atoms with E-state index < -0.39 is 12.0 Å². The van der Waals surface area contributed by atoms with Crippen LogP contribution in [-0.4, -0.2) is 60.6 Å². The van der Waals surface area contributed by atoms with Crippen molar-refractivity contribution < 1.29 is 24.2 Å². The minimum absolute atomic E-state index is 0.00423. The number of hydrogen-bond donors (Lipinski definition) is 2. The third-order valence-corrected chi connectivity index (χ3v) is 3.51. The summed E-state index contributed by atoms with van der Waals surface area (Å²) >= 11 is 0. The molecule has 23 heavy (non-hydrogen) atoms. The topological polar surface area (TPSA) is 95.9 Å². The van der Waals surface area contributed by atoms with E-state index in [0.29, 0.717) is 12.2 Å². The van der Waals surface area contributed by atoms with Gasteiger partial charge >= 0.3 is 5.97 Å². The predicted molar refractivity (Wildman–Crippen MR) is 82.8 cm³/mol. The number of carboxylic acids is 1. The van der Waals surface area contributed by atoms with Gasteiger partial charge in [-0.1, -0.05) is 12.1 Å². The highest BCUT2D eigenvalue weighted by molar-refractivity contribution is 5.95. The first kappa shape index (κ1) is 16.7. The van der Waals surface area contributed by atoms with Crippen LogP contribution < -0.4 is 5.32 Å². The van der Waals surface area contributed by atoms with E-state index in [1.54, 1.807) is 37.4 Å². The van der Waals surface area contributed by atoms with Gasteiger partial charge in [-0.2, -0.15) is 0 Å². The molecule has 1 aromatic carbocycles. The minimum Gasteiger partial charge on any atom is -0.480 e. The molecule has 1 aliphatic heterocycles. The zero-order chi connectivity index (χ0) is 16.8. The lowest BCUT2D eigenvalue weighted by atomic mass is 10.1. The molecule has 7 nitrogen and oxygen atoms in total. The van der Waals surface area contributed by atoms with Crippen molar-refractivity contribution in [1.29, 1.82) is 0 Å². The number of benzene rings is 1. The molecular weight excluding hydrogens is 300 g/mol. The second-order valence-corrected chi connectivity index (χ2v) is 5.00. The van der Waals surface area contributed by atoms with Gasteiger partial charge in [-0.05, 0) is 23.8 Å². The monoisotopic (exact) mass is 318 g/mol. The molecule has 2 N–H and O–H groups in total. The highest BCUT2D eigenvalue weighted by atomic mass is 16.5. The molecule has 2 rings (SSSR count). The highest BCUT2D eigenvalue weighted by Crippen LogP contribution is 2.10. The van der Waals surface area contributed by atoms with Crippen LogP contribution in [0, 0.1) is 0 Å². The summed E-state index contributed by atoms with van der Waals surface area (Å²) in [6, 6.07) is 5.76. The number of rotatable bonds is 4. The average molecular weight is 318 g/mol. The van der Waals surface area contributed by atoms with Crippen molar-refractivity contribution in [3.05, 3.63) is 41.5 Å². The number of morpholine rings is 1. The van der Waals surface area contributed by atoms with Crippen molar-refractivity contribution in [2.75, 3.05) is 26.8 Å². The number of carbonyl (C=O) groups excluding carboxylic acids is 2. The van der Waals surface area contributed by atoms with Crippen LogP contribution in [0.3, 0.4) is 0 Å². The number of aliphatic carboxylic acids is 1. The van der Waals surface area contributed by atoms with Crippen LogP contribution in [0.4, 0.5) is 0 Å². The summed E-state index contributed by atoms with van der Waals surface area (Å²) < 4.78 is 5.10. The third-order valence-electron chi connectivity index (χ3n) is 3.51. The lowest BCUT2D eigenvalue weighted by Gasteiger charge is -2.31. The fourth-order valence-corrected chi connectivity index (χ4v) is 2.23. The van der Waals surface area contributed by atoms with E-state index in [1.165, 1.54) is 11.0 Å². The largest absolute Gasteiger partial charge is 0.480 e. The molecule has 7 heteroatoms. The molecule has 1 fully saturated rings. The minimum atomic E-state index is -1.08. The summed E-state index contributed by atoms with van der Waals surface area (Å²) in [7, 11) is 1.55. The lowest BCUT2D eigenvalue weighted by molar-refractivity contribution is -0.156. The molecule has 0 radical (unpaired) electrons. The maximum atomic E-state index is 12.2. The van der Waals surface area contributed by atoms with Crippen molar-refractivity contribution in [3.8, 4) is 0 Å². The molecular formula is C16H18N2O5. The summed E-state index contributed by atoms with van der Waals surface area (Å²) in [5.41, 5.74) is 1.27. The van der Waals surface area contributed by atoms with Crippen molar-refractivity contribution in [3.63, 3.8) is 0 Å². The number of hydrogen-bond acceptors (Lipinski definition) is 4. The molecule has 1 saturated heterocycles. The molecule has 0 bridgehead atoms. The number of nitrogens with one attached hydrogen (secondary N) is 1. The van der Waals surface area contributed by atoms with E-state index in [9.17, 15) is 14.4 Å². The Morgan fingerprint density at radius 3 is 2.61 bits per heavy atom. The molecule has 1 atom stereocenters. The molecule has 2 amide bonds. The molecule has 1 aliphatic rings. The highest BCUT2D eigenvalue weighted by Gasteiger charge is 2.31. The first-order chi connectivity index (χ1) is 11.0. The van der Waals surface area contributed by atoms with Crippen molar-refractivity contribution >= 4 is 23.9 Å². The van der Waals surface area contributed by atoms with E-state index in [4.69, 9.17) is 9.84 Å². The van der Waals surface area contributed by atoms with E-state index in [-0.39, 0.29) is 25.0 Å². The standard InChI is InChI=1S/C16H18N2O5/c1-17-15(20)12-5-2-11(3-6-12)4-7-14(19)18-8-9-23-10-13(18)16(21)22/h2-7,13H,8-10H2,1H3,(H,17,20)(H,21,22). The Bertz CT molecular complexity index is 624. The van der Waals surface area contributed by atoms with Gasteiger partial charge in [-0.3, -0.25) is 9.59 Å². The van der Waals surface area contributed by atoms with E-state index in [0.717, 1.165) is 5.56 Å². The number of carboxylic acid groups (broad SMARTS) is 1. The van der Waals surface area contributed by atoms with Crippen LogP contribution in [0.5, 0.6) is 0 Å². The number of ether oxygens (including phenoxy) is 1. The maximum Gasteiger partial charge on any atom is 0.328 e. The van der Waals surface area contributed by atoms with Gasteiger partial charge in [0.1, 0.15) is 0 Å². The lowest BCUT2D eigenvalue weighted by Crippen LogP contribution is -2.52. The molecule has 1 heterocycles. The van der Waals surface area contributed by atoms with Gasteiger partial charge in [0.15, 0.2) is 6.04 Å². The van der Waals surface area contributed by atoms with Gasteiger partial charge in [-0.15, -0.1) is 0 Å². The Morgan fingerprint density at radius 1 is 1.30 bits per heavy atom. The average Bonchev–Trinajstić information content (AvgIpc) is 2.59. The van der Waals surface area contributed by atoms with Crippen LogP contribution in [0.1, 0.15) is 15.9 Å². The summed E-state index contributed by atoms with van der Waals surface area (Å²) in [5, 5.41) is 11.6. The van der Waals surface area contributed by atoms with Crippen LogP contribution in [0.25, 0.3) is 6.08 Å². The normalized spacial score (nSPS) is 18.0. The van der Waals surface area contributed by atoms with Crippen LogP contribution in [0.2, 0.25) is 0 Å². The Hall–Kier alpha value is -2.67. The summed E-state index contributed by atoms with van der Waals surface area (Å²) in [4.78, 5) is 36.0. The smallest absolute Gasteiger partial charge is 0.328 e. The third kappa shape index (κ3) is 4.17. The molecule has 1 aromatic rings. The summed E-state index contributed by atoms with van der Waals surface area (Å²) in [6.45, 7) is 0.565.